The maximum atomic E-state index is 11.9. The van der Waals surface area contributed by atoms with E-state index < -0.39 is 17.9 Å². The number of carbonyl (C=O) groups excluding carboxylic acids is 3. The van der Waals surface area contributed by atoms with Gasteiger partial charge in [0, 0.05) is 6.92 Å². The van der Waals surface area contributed by atoms with Gasteiger partial charge in [0.25, 0.3) is 0 Å². The molecule has 1 aliphatic heterocycles. The second kappa shape index (κ2) is 4.48. The van der Waals surface area contributed by atoms with Crippen LogP contribution in [0.4, 0.5) is 0 Å². The molecule has 3 amide bonds. The minimum atomic E-state index is -0.952. The summed E-state index contributed by atoms with van der Waals surface area (Å²) in [6, 6.07) is 6.10. The van der Waals surface area contributed by atoms with Gasteiger partial charge < -0.3 is 5.73 Å². The Labute approximate surface area is 104 Å². The van der Waals surface area contributed by atoms with Gasteiger partial charge >= 0.3 is 0 Å². The lowest BCUT2D eigenvalue weighted by Gasteiger charge is -2.34. The van der Waals surface area contributed by atoms with E-state index in [-0.39, 0.29) is 12.3 Å². The van der Waals surface area contributed by atoms with E-state index in [0.717, 1.165) is 10.6 Å². The van der Waals surface area contributed by atoms with Crippen molar-refractivity contribution in [3.05, 3.63) is 35.4 Å². The lowest BCUT2D eigenvalue weighted by atomic mass is 9.93. The molecule has 0 saturated heterocycles. The number of hydrogen-bond acceptors (Lipinski definition) is 3. The third kappa shape index (κ3) is 2.04. The molecule has 2 rings (SSSR count). The molecule has 1 aliphatic rings. The van der Waals surface area contributed by atoms with Crippen molar-refractivity contribution < 1.29 is 14.4 Å². The van der Waals surface area contributed by atoms with Gasteiger partial charge in [-0.15, -0.1) is 0 Å². The van der Waals surface area contributed by atoms with E-state index in [9.17, 15) is 14.4 Å². The number of nitrogens with one attached hydrogen (secondary N) is 1. The van der Waals surface area contributed by atoms with Crippen molar-refractivity contribution in [2.24, 2.45) is 5.73 Å². The van der Waals surface area contributed by atoms with Gasteiger partial charge in [0.2, 0.25) is 17.7 Å². The van der Waals surface area contributed by atoms with Crippen LogP contribution in [0.25, 0.3) is 0 Å². The molecule has 0 aliphatic carbocycles. The molecule has 0 aromatic heterocycles. The summed E-state index contributed by atoms with van der Waals surface area (Å²) in [5, 5.41) is 1.01. The summed E-state index contributed by atoms with van der Waals surface area (Å²) in [5.74, 6) is -1.45. The van der Waals surface area contributed by atoms with Crippen LogP contribution in [0.15, 0.2) is 24.3 Å². The Morgan fingerprint density at radius 2 is 2.06 bits per heavy atom. The lowest BCUT2D eigenvalue weighted by Crippen LogP contribution is -2.54. The van der Waals surface area contributed by atoms with E-state index in [1.807, 2.05) is 0 Å². The predicted octanol–water partition coefficient (Wildman–Crippen LogP) is -0.351. The number of fused-ring (bicyclic) bond motifs is 1. The van der Waals surface area contributed by atoms with Crippen molar-refractivity contribution >= 4 is 17.7 Å². The van der Waals surface area contributed by atoms with Crippen LogP contribution in [0.2, 0.25) is 0 Å². The molecule has 0 unspecified atom stereocenters. The molecule has 1 atom stereocenters. The van der Waals surface area contributed by atoms with Crippen LogP contribution in [-0.2, 0) is 20.8 Å². The van der Waals surface area contributed by atoms with Gasteiger partial charge in [0.05, 0.1) is 6.42 Å². The van der Waals surface area contributed by atoms with Gasteiger partial charge in [-0.05, 0) is 11.1 Å². The molecule has 1 aromatic rings. The van der Waals surface area contributed by atoms with Gasteiger partial charge in [0.15, 0.2) is 6.04 Å². The Bertz CT molecular complexity index is 527. The minimum Gasteiger partial charge on any atom is -0.368 e. The normalized spacial score (nSPS) is 18.2. The molecular formula is C12H13N3O3. The number of nitrogens with zero attached hydrogens (tertiary/aromatic N) is 1. The number of carbonyl (C=O) groups is 3. The zero-order valence-electron chi connectivity index (χ0n) is 9.84. The minimum absolute atomic E-state index is 0.139. The van der Waals surface area contributed by atoms with Crippen LogP contribution < -0.4 is 11.2 Å². The lowest BCUT2D eigenvalue weighted by molar-refractivity contribution is -0.148. The van der Waals surface area contributed by atoms with Gasteiger partial charge in [-0.3, -0.25) is 19.8 Å². The smallest absolute Gasteiger partial charge is 0.246 e. The average Bonchev–Trinajstić information content (AvgIpc) is 2.28. The summed E-state index contributed by atoms with van der Waals surface area (Å²) >= 11 is 0. The SMILES string of the molecule is CC(=O)NN1C(=O)Cc2ccccc2[C@@H]1C(N)=O. The monoisotopic (exact) mass is 247 g/mol. The van der Waals surface area contributed by atoms with E-state index in [4.69, 9.17) is 5.73 Å². The highest BCUT2D eigenvalue weighted by molar-refractivity contribution is 5.92. The van der Waals surface area contributed by atoms with Crippen molar-refractivity contribution in [3.8, 4) is 0 Å². The van der Waals surface area contributed by atoms with Gasteiger partial charge in [0.1, 0.15) is 0 Å². The second-order valence-electron chi connectivity index (χ2n) is 4.11. The van der Waals surface area contributed by atoms with Crippen molar-refractivity contribution in [3.63, 3.8) is 0 Å². The number of benzene rings is 1. The first-order chi connectivity index (χ1) is 8.50. The molecule has 18 heavy (non-hydrogen) atoms. The van der Waals surface area contributed by atoms with Gasteiger partial charge in [-0.2, -0.15) is 0 Å². The maximum absolute atomic E-state index is 11.9. The van der Waals surface area contributed by atoms with E-state index in [0.29, 0.717) is 5.56 Å². The molecule has 1 aromatic carbocycles. The Kier molecular flexibility index (Phi) is 3.01. The molecule has 0 saturated carbocycles. The fourth-order valence-corrected chi connectivity index (χ4v) is 2.07. The summed E-state index contributed by atoms with van der Waals surface area (Å²) in [6.45, 7) is 1.27. The quantitative estimate of drug-likeness (QED) is 0.748. The third-order valence-electron chi connectivity index (χ3n) is 2.77. The highest BCUT2D eigenvalue weighted by atomic mass is 16.2. The molecular weight excluding hydrogens is 234 g/mol. The molecule has 0 spiro atoms. The van der Waals surface area contributed by atoms with Gasteiger partial charge in [-0.1, -0.05) is 24.3 Å². The Hall–Kier alpha value is -2.37. The zero-order valence-corrected chi connectivity index (χ0v) is 9.84. The van der Waals surface area contributed by atoms with Crippen molar-refractivity contribution in [1.82, 2.24) is 10.4 Å². The molecule has 0 fully saturated rings. The summed E-state index contributed by atoms with van der Waals surface area (Å²) in [6.07, 6.45) is 0.139. The standard InChI is InChI=1S/C12H13N3O3/c1-7(16)14-15-10(17)6-8-4-2-3-5-9(8)11(15)12(13)18/h2-5,11H,6H2,1H3,(H2,13,18)(H,14,16)/t11-/m1/s1. The van der Waals surface area contributed by atoms with Crippen LogP contribution in [0, 0.1) is 0 Å². The van der Waals surface area contributed by atoms with Crippen molar-refractivity contribution in [2.45, 2.75) is 19.4 Å². The highest BCUT2D eigenvalue weighted by Gasteiger charge is 2.36. The Morgan fingerprint density at radius 3 is 2.67 bits per heavy atom. The van der Waals surface area contributed by atoms with Crippen LogP contribution in [0.5, 0.6) is 0 Å². The number of nitrogens with two attached hydrogens (primary N) is 1. The van der Waals surface area contributed by atoms with Gasteiger partial charge in [-0.25, -0.2) is 5.01 Å². The van der Waals surface area contributed by atoms with Crippen molar-refractivity contribution in [1.29, 1.82) is 0 Å². The maximum Gasteiger partial charge on any atom is 0.246 e. The molecule has 6 heteroatoms. The summed E-state index contributed by atoms with van der Waals surface area (Å²) in [5.41, 5.74) is 9.08. The number of hydrazine groups is 1. The first-order valence-corrected chi connectivity index (χ1v) is 5.47. The van der Waals surface area contributed by atoms with Crippen LogP contribution in [0.3, 0.4) is 0 Å². The largest absolute Gasteiger partial charge is 0.368 e. The van der Waals surface area contributed by atoms with Crippen molar-refractivity contribution in [2.75, 3.05) is 0 Å². The first-order valence-electron chi connectivity index (χ1n) is 5.47. The topological polar surface area (TPSA) is 92.5 Å². The first kappa shape index (κ1) is 12.1. The third-order valence-corrected chi connectivity index (χ3v) is 2.77. The number of rotatable bonds is 2. The van der Waals surface area contributed by atoms with E-state index in [1.165, 1.54) is 6.92 Å². The fourth-order valence-electron chi connectivity index (χ4n) is 2.07. The summed E-state index contributed by atoms with van der Waals surface area (Å²) in [4.78, 5) is 34.5. The van der Waals surface area contributed by atoms with Crippen LogP contribution >= 0.6 is 0 Å². The van der Waals surface area contributed by atoms with E-state index in [1.54, 1.807) is 24.3 Å². The second-order valence-corrected chi connectivity index (χ2v) is 4.11. The molecule has 1 heterocycles. The molecule has 0 bridgehead atoms. The molecule has 0 radical (unpaired) electrons. The van der Waals surface area contributed by atoms with E-state index in [2.05, 4.69) is 5.43 Å². The number of hydrogen-bond donors (Lipinski definition) is 2. The fraction of sp³-hybridized carbons (Fsp3) is 0.250. The average molecular weight is 247 g/mol. The van der Waals surface area contributed by atoms with Crippen LogP contribution in [-0.4, -0.2) is 22.7 Å². The molecule has 6 nitrogen and oxygen atoms in total. The molecule has 3 N–H and O–H groups in total. The Morgan fingerprint density at radius 1 is 1.39 bits per heavy atom. The Balaban J connectivity index is 2.47. The van der Waals surface area contributed by atoms with Crippen LogP contribution in [0.1, 0.15) is 24.1 Å². The summed E-state index contributed by atoms with van der Waals surface area (Å²) in [7, 11) is 0. The van der Waals surface area contributed by atoms with E-state index >= 15 is 0 Å². The summed E-state index contributed by atoms with van der Waals surface area (Å²) < 4.78 is 0. The predicted molar refractivity (Wildman–Crippen MR) is 62.7 cm³/mol. The molecule has 94 valence electrons. The zero-order chi connectivity index (χ0) is 13.3. The highest BCUT2D eigenvalue weighted by Crippen LogP contribution is 2.28. The number of amides is 3. The number of primary amides is 1.